The number of nitrogens with zero attached hydrogens (tertiary/aromatic N) is 2. The first kappa shape index (κ1) is 14.0. The Hall–Kier alpha value is -1.65. The lowest BCUT2D eigenvalue weighted by molar-refractivity contribution is -0.119. The molecule has 0 saturated carbocycles. The Balaban J connectivity index is 1.48. The third-order valence-electron chi connectivity index (χ3n) is 4.76. The predicted octanol–water partition coefficient (Wildman–Crippen LogP) is 3.47. The van der Waals surface area contributed by atoms with Gasteiger partial charge in [0.15, 0.2) is 0 Å². The van der Waals surface area contributed by atoms with Crippen LogP contribution in [0, 0.1) is 0 Å². The van der Waals surface area contributed by atoms with E-state index in [1.165, 1.54) is 23.3 Å². The summed E-state index contributed by atoms with van der Waals surface area (Å²) in [5, 5.41) is 2.13. The van der Waals surface area contributed by atoms with Crippen molar-refractivity contribution in [2.24, 2.45) is 0 Å². The molecule has 0 radical (unpaired) electrons. The van der Waals surface area contributed by atoms with Crippen molar-refractivity contribution in [2.75, 3.05) is 24.5 Å². The van der Waals surface area contributed by atoms with Crippen LogP contribution in [0.3, 0.4) is 0 Å². The molecule has 1 fully saturated rings. The fraction of sp³-hybridized carbons (Fsp3) is 0.389. The second kappa shape index (κ2) is 5.86. The van der Waals surface area contributed by atoms with Gasteiger partial charge >= 0.3 is 0 Å². The number of carbonyl (C=O) groups is 1. The fourth-order valence-corrected chi connectivity index (χ4v) is 4.57. The van der Waals surface area contributed by atoms with Gasteiger partial charge in [-0.2, -0.15) is 0 Å². The zero-order valence-electron chi connectivity index (χ0n) is 12.6. The summed E-state index contributed by atoms with van der Waals surface area (Å²) >= 11 is 1.81. The Kier molecular flexibility index (Phi) is 3.72. The van der Waals surface area contributed by atoms with Crippen LogP contribution < -0.4 is 4.90 Å². The number of amides is 1. The first-order valence-corrected chi connectivity index (χ1v) is 8.86. The van der Waals surface area contributed by atoms with Gasteiger partial charge in [0.2, 0.25) is 5.91 Å². The number of anilines is 1. The summed E-state index contributed by atoms with van der Waals surface area (Å²) in [7, 11) is 0. The standard InChI is InChI=1S/C18H20N2OS/c21-18(20-11-9-14-5-1-2-6-15(14)20)13-19-10-3-7-16(19)17-8-4-12-22-17/h1-2,4-6,8,12,16H,3,7,9-11,13H2/t16-/m0/s1. The highest BCUT2D eigenvalue weighted by Gasteiger charge is 2.31. The van der Waals surface area contributed by atoms with E-state index >= 15 is 0 Å². The number of benzene rings is 1. The lowest BCUT2D eigenvalue weighted by Gasteiger charge is -2.26. The molecule has 3 heterocycles. The molecule has 114 valence electrons. The minimum absolute atomic E-state index is 0.244. The molecule has 1 atom stereocenters. The number of thiophene rings is 1. The van der Waals surface area contributed by atoms with Gasteiger partial charge in [-0.05, 0) is 48.9 Å². The molecule has 2 aliphatic rings. The summed E-state index contributed by atoms with van der Waals surface area (Å²) < 4.78 is 0. The van der Waals surface area contributed by atoms with Crippen LogP contribution in [0.2, 0.25) is 0 Å². The maximum atomic E-state index is 12.8. The van der Waals surface area contributed by atoms with E-state index in [0.717, 1.165) is 25.2 Å². The minimum atomic E-state index is 0.244. The minimum Gasteiger partial charge on any atom is -0.311 e. The molecular formula is C18H20N2OS. The average molecular weight is 312 g/mol. The number of carbonyl (C=O) groups excluding carboxylic acids is 1. The number of rotatable bonds is 3. The summed E-state index contributed by atoms with van der Waals surface area (Å²) in [5.41, 5.74) is 2.41. The molecule has 0 unspecified atom stereocenters. The molecule has 1 saturated heterocycles. The van der Waals surface area contributed by atoms with Crippen LogP contribution in [0.4, 0.5) is 5.69 Å². The molecule has 1 aromatic carbocycles. The second-order valence-electron chi connectivity index (χ2n) is 6.07. The Morgan fingerprint density at radius 1 is 1.18 bits per heavy atom. The van der Waals surface area contributed by atoms with E-state index in [0.29, 0.717) is 12.6 Å². The highest BCUT2D eigenvalue weighted by atomic mass is 32.1. The van der Waals surface area contributed by atoms with E-state index in [9.17, 15) is 4.79 Å². The lowest BCUT2D eigenvalue weighted by atomic mass is 10.2. The van der Waals surface area contributed by atoms with Gasteiger partial charge in [-0.3, -0.25) is 9.69 Å². The molecule has 0 aliphatic carbocycles. The number of para-hydroxylation sites is 1. The largest absolute Gasteiger partial charge is 0.311 e. The molecule has 2 aromatic rings. The van der Waals surface area contributed by atoms with Crippen molar-refractivity contribution in [1.29, 1.82) is 0 Å². The molecule has 4 heteroatoms. The summed E-state index contributed by atoms with van der Waals surface area (Å²) in [6, 6.07) is 13.0. The van der Waals surface area contributed by atoms with Gasteiger partial charge in [0.25, 0.3) is 0 Å². The van der Waals surface area contributed by atoms with Gasteiger partial charge in [0.05, 0.1) is 6.54 Å². The van der Waals surface area contributed by atoms with Crippen LogP contribution >= 0.6 is 11.3 Å². The van der Waals surface area contributed by atoms with Gasteiger partial charge in [0.1, 0.15) is 0 Å². The predicted molar refractivity (Wildman–Crippen MR) is 90.4 cm³/mol. The molecule has 1 amide bonds. The third kappa shape index (κ3) is 2.46. The first-order chi connectivity index (χ1) is 10.8. The van der Waals surface area contributed by atoms with Crippen LogP contribution in [-0.2, 0) is 11.2 Å². The van der Waals surface area contributed by atoms with Crippen molar-refractivity contribution in [3.63, 3.8) is 0 Å². The highest BCUT2D eigenvalue weighted by molar-refractivity contribution is 7.10. The summed E-state index contributed by atoms with van der Waals surface area (Å²) in [5.74, 6) is 0.244. The molecule has 4 rings (SSSR count). The van der Waals surface area contributed by atoms with E-state index < -0.39 is 0 Å². The number of likely N-dealkylation sites (tertiary alicyclic amines) is 1. The van der Waals surface area contributed by atoms with E-state index in [4.69, 9.17) is 0 Å². The Labute approximate surface area is 135 Å². The van der Waals surface area contributed by atoms with Crippen molar-refractivity contribution in [3.8, 4) is 0 Å². The van der Waals surface area contributed by atoms with Gasteiger partial charge in [-0.15, -0.1) is 11.3 Å². The van der Waals surface area contributed by atoms with Crippen LogP contribution in [0.5, 0.6) is 0 Å². The van der Waals surface area contributed by atoms with Gasteiger partial charge in [-0.1, -0.05) is 24.3 Å². The molecule has 0 spiro atoms. The summed E-state index contributed by atoms with van der Waals surface area (Å²) in [4.78, 5) is 18.5. The Morgan fingerprint density at radius 2 is 2.09 bits per heavy atom. The van der Waals surface area contributed by atoms with Gasteiger partial charge < -0.3 is 4.90 Å². The molecule has 0 N–H and O–H groups in total. The van der Waals surface area contributed by atoms with Crippen molar-refractivity contribution < 1.29 is 4.79 Å². The Morgan fingerprint density at radius 3 is 2.95 bits per heavy atom. The molecular weight excluding hydrogens is 292 g/mol. The fourth-order valence-electron chi connectivity index (χ4n) is 3.67. The van der Waals surface area contributed by atoms with E-state index in [-0.39, 0.29) is 5.91 Å². The molecule has 2 aliphatic heterocycles. The topological polar surface area (TPSA) is 23.6 Å². The number of fused-ring (bicyclic) bond motifs is 1. The number of hydrogen-bond donors (Lipinski definition) is 0. The monoisotopic (exact) mass is 312 g/mol. The third-order valence-corrected chi connectivity index (χ3v) is 5.74. The second-order valence-corrected chi connectivity index (χ2v) is 7.05. The molecule has 22 heavy (non-hydrogen) atoms. The summed E-state index contributed by atoms with van der Waals surface area (Å²) in [6.45, 7) is 2.40. The van der Waals surface area contributed by atoms with Crippen molar-refractivity contribution in [3.05, 3.63) is 52.2 Å². The SMILES string of the molecule is O=C(CN1CCC[C@H]1c1cccs1)N1CCc2ccccc21. The van der Waals surface area contributed by atoms with Crippen molar-refractivity contribution in [1.82, 2.24) is 4.90 Å². The first-order valence-electron chi connectivity index (χ1n) is 7.98. The highest BCUT2D eigenvalue weighted by Crippen LogP contribution is 2.35. The van der Waals surface area contributed by atoms with Crippen molar-refractivity contribution >= 4 is 22.9 Å². The van der Waals surface area contributed by atoms with Gasteiger partial charge in [0, 0.05) is 23.2 Å². The maximum absolute atomic E-state index is 12.8. The quantitative estimate of drug-likeness (QED) is 0.866. The van der Waals surface area contributed by atoms with E-state index in [1.54, 1.807) is 11.3 Å². The molecule has 0 bridgehead atoms. The van der Waals surface area contributed by atoms with E-state index in [2.05, 4.69) is 40.6 Å². The normalized spacial score (nSPS) is 21.3. The lowest BCUT2D eigenvalue weighted by Crippen LogP contribution is -2.39. The van der Waals surface area contributed by atoms with Crippen LogP contribution in [-0.4, -0.2) is 30.4 Å². The smallest absolute Gasteiger partial charge is 0.241 e. The maximum Gasteiger partial charge on any atom is 0.241 e. The van der Waals surface area contributed by atoms with Crippen LogP contribution in [0.15, 0.2) is 41.8 Å². The molecule has 3 nitrogen and oxygen atoms in total. The average Bonchev–Trinajstić information content (AvgIpc) is 3.27. The Bertz CT molecular complexity index is 667. The number of hydrogen-bond acceptors (Lipinski definition) is 3. The van der Waals surface area contributed by atoms with Crippen LogP contribution in [0.1, 0.15) is 29.3 Å². The zero-order valence-corrected chi connectivity index (χ0v) is 13.4. The van der Waals surface area contributed by atoms with Crippen LogP contribution in [0.25, 0.3) is 0 Å². The van der Waals surface area contributed by atoms with Gasteiger partial charge in [-0.25, -0.2) is 0 Å². The van der Waals surface area contributed by atoms with Crippen molar-refractivity contribution in [2.45, 2.75) is 25.3 Å². The zero-order chi connectivity index (χ0) is 14.9. The molecule has 1 aromatic heterocycles. The van der Waals surface area contributed by atoms with E-state index in [1.807, 2.05) is 11.0 Å². The summed E-state index contributed by atoms with van der Waals surface area (Å²) in [6.07, 6.45) is 3.34.